The zero-order chi connectivity index (χ0) is 23.0. The van der Waals surface area contributed by atoms with Gasteiger partial charge in [-0.2, -0.15) is 13.2 Å². The van der Waals surface area contributed by atoms with E-state index in [9.17, 15) is 26.3 Å². The van der Waals surface area contributed by atoms with Gasteiger partial charge in [-0.3, -0.25) is 0 Å². The van der Waals surface area contributed by atoms with Gasteiger partial charge in [0.05, 0.1) is 6.10 Å². The number of alkyl halides is 3. The molecule has 4 rings (SSSR count). The van der Waals surface area contributed by atoms with Crippen LogP contribution >= 0.6 is 0 Å². The van der Waals surface area contributed by atoms with Crippen molar-refractivity contribution in [3.63, 3.8) is 0 Å². The molecular weight excluding hydrogens is 430 g/mol. The first-order valence-electron chi connectivity index (χ1n) is 11.1. The Kier molecular flexibility index (Phi) is 6.57. The first-order chi connectivity index (χ1) is 15.2. The predicted molar refractivity (Wildman–Crippen MR) is 110 cm³/mol. The van der Waals surface area contributed by atoms with E-state index in [0.717, 1.165) is 50.7 Å². The van der Waals surface area contributed by atoms with Crippen molar-refractivity contribution in [2.75, 3.05) is 6.61 Å². The summed E-state index contributed by atoms with van der Waals surface area (Å²) in [5, 5.41) is 0. The molecule has 2 aromatic rings. The molecular formula is C25H26F6O. The fraction of sp³-hybridized carbons (Fsp3) is 0.520. The van der Waals surface area contributed by atoms with E-state index in [0.29, 0.717) is 30.1 Å². The molecule has 7 heteroatoms. The van der Waals surface area contributed by atoms with Crippen LogP contribution < -0.4 is 0 Å². The van der Waals surface area contributed by atoms with Crippen LogP contribution in [0.1, 0.15) is 62.5 Å². The average molecular weight is 456 g/mol. The summed E-state index contributed by atoms with van der Waals surface area (Å²) in [6.07, 6.45) is 1.33. The first kappa shape index (κ1) is 23.1. The molecule has 2 fully saturated rings. The molecule has 0 aliphatic heterocycles. The lowest BCUT2D eigenvalue weighted by molar-refractivity contribution is -0.142. The fourth-order valence-electron chi connectivity index (χ4n) is 5.55. The van der Waals surface area contributed by atoms with Crippen LogP contribution in [0.3, 0.4) is 0 Å². The zero-order valence-corrected chi connectivity index (χ0v) is 17.8. The van der Waals surface area contributed by atoms with Gasteiger partial charge in [0.2, 0.25) is 0 Å². The molecule has 0 spiro atoms. The predicted octanol–water partition coefficient (Wildman–Crippen LogP) is 7.88. The van der Waals surface area contributed by atoms with Crippen molar-refractivity contribution in [1.29, 1.82) is 0 Å². The smallest absolute Gasteiger partial charge is 0.378 e. The molecule has 0 aromatic heterocycles. The van der Waals surface area contributed by atoms with E-state index in [2.05, 4.69) is 0 Å². The van der Waals surface area contributed by atoms with Crippen LogP contribution in [0.15, 0.2) is 30.3 Å². The maximum Gasteiger partial charge on any atom is 0.422 e. The van der Waals surface area contributed by atoms with Crippen molar-refractivity contribution in [1.82, 2.24) is 0 Å². The second kappa shape index (κ2) is 9.08. The monoisotopic (exact) mass is 456 g/mol. The number of hydrogen-bond acceptors (Lipinski definition) is 1. The van der Waals surface area contributed by atoms with Gasteiger partial charge in [-0.05, 0) is 92.5 Å². The summed E-state index contributed by atoms with van der Waals surface area (Å²) in [5.41, 5.74) is -1.51. The van der Waals surface area contributed by atoms with E-state index in [1.165, 1.54) is 12.1 Å². The first-order valence-corrected chi connectivity index (χ1v) is 11.1. The number of ether oxygens (including phenoxy) is 1. The minimum Gasteiger partial charge on any atom is -0.378 e. The van der Waals surface area contributed by atoms with Crippen molar-refractivity contribution >= 4 is 0 Å². The van der Waals surface area contributed by atoms with E-state index >= 15 is 0 Å². The Morgan fingerprint density at radius 2 is 1.50 bits per heavy atom. The molecule has 2 aromatic carbocycles. The number of rotatable bonds is 4. The molecule has 0 N–H and O–H groups in total. The number of benzene rings is 2. The molecule has 4 unspecified atom stereocenters. The van der Waals surface area contributed by atoms with Gasteiger partial charge in [-0.1, -0.05) is 12.1 Å². The highest BCUT2D eigenvalue weighted by Crippen LogP contribution is 2.47. The van der Waals surface area contributed by atoms with Crippen LogP contribution in [-0.2, 0) is 10.9 Å². The topological polar surface area (TPSA) is 9.23 Å². The van der Waals surface area contributed by atoms with Gasteiger partial charge < -0.3 is 4.74 Å². The maximum absolute atomic E-state index is 14.9. The minimum atomic E-state index is -5.16. The molecule has 1 nitrogen and oxygen atoms in total. The Labute approximate surface area is 183 Å². The highest BCUT2D eigenvalue weighted by atomic mass is 19.4. The third kappa shape index (κ3) is 4.68. The van der Waals surface area contributed by atoms with Crippen LogP contribution in [0.25, 0.3) is 11.1 Å². The standard InChI is InChI=1S/C25H26F6O/c1-2-32-19-7-5-15-9-14(3-4-16(15)10-19)17-6-8-20(21(26)11-17)18-12-22(27)24(23(28)13-18)25(29,30)31/h6,8,11-16,19H,2-5,7,9-10H2,1H3. The largest absolute Gasteiger partial charge is 0.422 e. The molecule has 0 amide bonds. The number of hydrogen-bond donors (Lipinski definition) is 0. The molecule has 2 aliphatic rings. The van der Waals surface area contributed by atoms with Gasteiger partial charge in [0.25, 0.3) is 0 Å². The lowest BCUT2D eigenvalue weighted by Gasteiger charge is -2.42. The lowest BCUT2D eigenvalue weighted by Crippen LogP contribution is -2.33. The maximum atomic E-state index is 14.9. The van der Waals surface area contributed by atoms with Crippen LogP contribution in [0, 0.1) is 29.3 Å². The number of halogens is 6. The summed E-state index contributed by atoms with van der Waals surface area (Å²) in [6.45, 7) is 2.73. The highest BCUT2D eigenvalue weighted by molar-refractivity contribution is 5.65. The summed E-state index contributed by atoms with van der Waals surface area (Å²) < 4.78 is 86.9. The summed E-state index contributed by atoms with van der Waals surface area (Å²) in [4.78, 5) is 0. The van der Waals surface area contributed by atoms with E-state index in [1.807, 2.05) is 6.92 Å². The summed E-state index contributed by atoms with van der Waals surface area (Å²) in [7, 11) is 0. The summed E-state index contributed by atoms with van der Waals surface area (Å²) >= 11 is 0. The van der Waals surface area contributed by atoms with Crippen molar-refractivity contribution in [3.05, 3.63) is 58.9 Å². The van der Waals surface area contributed by atoms with Crippen LogP contribution in [0.2, 0.25) is 0 Å². The molecule has 0 radical (unpaired) electrons. The van der Waals surface area contributed by atoms with Crippen LogP contribution in [0.4, 0.5) is 26.3 Å². The zero-order valence-electron chi connectivity index (χ0n) is 17.8. The molecule has 4 atom stereocenters. The van der Waals surface area contributed by atoms with Gasteiger partial charge in [-0.25, -0.2) is 13.2 Å². The van der Waals surface area contributed by atoms with Crippen molar-refractivity contribution in [2.45, 2.75) is 63.6 Å². The lowest BCUT2D eigenvalue weighted by atomic mass is 9.65. The van der Waals surface area contributed by atoms with Crippen LogP contribution in [0.5, 0.6) is 0 Å². The third-order valence-corrected chi connectivity index (χ3v) is 7.07. The summed E-state index contributed by atoms with van der Waals surface area (Å²) in [6, 6.07) is 5.56. The molecule has 0 saturated heterocycles. The van der Waals surface area contributed by atoms with E-state index < -0.39 is 29.2 Å². The van der Waals surface area contributed by atoms with E-state index in [1.54, 1.807) is 6.07 Å². The third-order valence-electron chi connectivity index (χ3n) is 7.07. The van der Waals surface area contributed by atoms with Crippen molar-refractivity contribution < 1.29 is 31.1 Å². The second-order valence-electron chi connectivity index (χ2n) is 8.97. The van der Waals surface area contributed by atoms with Gasteiger partial charge in [0.1, 0.15) is 23.0 Å². The minimum absolute atomic E-state index is 0.119. The molecule has 0 bridgehead atoms. The SMILES string of the molecule is CCOC1CCC2CC(c3ccc(-c4cc(F)c(C(F)(F)F)c(F)c4)c(F)c3)CCC2C1. The van der Waals surface area contributed by atoms with Gasteiger partial charge in [0.15, 0.2) is 0 Å². The quantitative estimate of drug-likeness (QED) is 0.425. The van der Waals surface area contributed by atoms with Crippen molar-refractivity contribution in [3.8, 4) is 11.1 Å². The van der Waals surface area contributed by atoms with E-state index in [4.69, 9.17) is 4.74 Å². The Balaban J connectivity index is 1.51. The molecule has 2 saturated carbocycles. The molecule has 2 aliphatic carbocycles. The second-order valence-corrected chi connectivity index (χ2v) is 8.97. The molecule has 0 heterocycles. The fourth-order valence-corrected chi connectivity index (χ4v) is 5.55. The Morgan fingerprint density at radius 3 is 2.12 bits per heavy atom. The van der Waals surface area contributed by atoms with Gasteiger partial charge >= 0.3 is 6.18 Å². The Bertz CT molecular complexity index is 946. The molecule has 174 valence electrons. The number of fused-ring (bicyclic) bond motifs is 1. The average Bonchev–Trinajstić information content (AvgIpc) is 2.72. The molecule has 32 heavy (non-hydrogen) atoms. The normalized spacial score (nSPS) is 26.1. The Morgan fingerprint density at radius 1 is 0.844 bits per heavy atom. The van der Waals surface area contributed by atoms with Crippen LogP contribution in [-0.4, -0.2) is 12.7 Å². The van der Waals surface area contributed by atoms with Crippen molar-refractivity contribution in [2.24, 2.45) is 11.8 Å². The van der Waals surface area contributed by atoms with Gasteiger partial charge in [0, 0.05) is 12.2 Å². The van der Waals surface area contributed by atoms with E-state index in [-0.39, 0.29) is 17.0 Å². The van der Waals surface area contributed by atoms with Gasteiger partial charge in [-0.15, -0.1) is 0 Å². The summed E-state index contributed by atoms with van der Waals surface area (Å²) in [5.74, 6) is -2.80. The highest BCUT2D eigenvalue weighted by Gasteiger charge is 2.38. The Hall–Kier alpha value is -2.02.